The molecule has 34 heavy (non-hydrogen) atoms. The van der Waals surface area contributed by atoms with Crippen molar-refractivity contribution in [2.45, 2.75) is 52.4 Å². The molecular formula is C26H33N5O3. The normalized spacial score (nSPS) is 19.6. The average Bonchev–Trinajstić information content (AvgIpc) is 3.13. The van der Waals surface area contributed by atoms with E-state index in [1.165, 1.54) is 0 Å². The van der Waals surface area contributed by atoms with E-state index in [1.54, 1.807) is 23.1 Å². The Morgan fingerprint density at radius 3 is 2.65 bits per heavy atom. The van der Waals surface area contributed by atoms with Gasteiger partial charge in [0.05, 0.1) is 11.9 Å². The molecule has 8 heteroatoms. The summed E-state index contributed by atoms with van der Waals surface area (Å²) in [4.78, 5) is 31.9. The lowest BCUT2D eigenvalue weighted by molar-refractivity contribution is 0.0657. The molecule has 1 atom stereocenters. The summed E-state index contributed by atoms with van der Waals surface area (Å²) >= 11 is 0. The number of hydrogen-bond acceptors (Lipinski definition) is 5. The largest absolute Gasteiger partial charge is 0.449 e. The van der Waals surface area contributed by atoms with Crippen LogP contribution in [-0.4, -0.2) is 51.1 Å². The third-order valence-corrected chi connectivity index (χ3v) is 7.66. The van der Waals surface area contributed by atoms with Gasteiger partial charge in [0, 0.05) is 49.2 Å². The van der Waals surface area contributed by atoms with Crippen molar-refractivity contribution < 1.29 is 14.0 Å². The predicted octanol–water partition coefficient (Wildman–Crippen LogP) is 3.84. The van der Waals surface area contributed by atoms with Gasteiger partial charge in [-0.25, -0.2) is 0 Å². The summed E-state index contributed by atoms with van der Waals surface area (Å²) in [6.45, 7) is 10.5. The molecule has 3 aromatic rings. The van der Waals surface area contributed by atoms with E-state index in [9.17, 15) is 9.59 Å². The third-order valence-electron chi connectivity index (χ3n) is 7.66. The Balaban J connectivity index is 1.17. The summed E-state index contributed by atoms with van der Waals surface area (Å²) in [5, 5.41) is 8.56. The Morgan fingerprint density at radius 1 is 1.26 bits per heavy atom. The van der Waals surface area contributed by atoms with Gasteiger partial charge in [-0.3, -0.25) is 19.3 Å². The summed E-state index contributed by atoms with van der Waals surface area (Å²) in [6, 6.07) is 3.59. The molecule has 2 aliphatic rings. The minimum atomic E-state index is -0.188. The van der Waals surface area contributed by atoms with Crippen LogP contribution < -0.4 is 5.32 Å². The second-order valence-electron chi connectivity index (χ2n) is 11.0. The van der Waals surface area contributed by atoms with Gasteiger partial charge in [-0.05, 0) is 49.7 Å². The topological polar surface area (TPSA) is 93.3 Å². The fourth-order valence-corrected chi connectivity index (χ4v) is 5.58. The number of piperidine rings is 1. The number of nitrogens with zero attached hydrogens (tertiary/aromatic N) is 4. The molecular weight excluding hydrogens is 430 g/mol. The smallest absolute Gasteiger partial charge is 0.287 e. The van der Waals surface area contributed by atoms with Crippen molar-refractivity contribution in [2.24, 2.45) is 18.4 Å². The van der Waals surface area contributed by atoms with Crippen LogP contribution in [0.4, 0.5) is 0 Å². The number of rotatable bonds is 4. The lowest BCUT2D eigenvalue weighted by Crippen LogP contribution is -2.41. The molecule has 5 rings (SSSR count). The molecule has 3 aromatic heterocycles. The molecule has 1 aliphatic carbocycles. The highest BCUT2D eigenvalue weighted by Crippen LogP contribution is 2.59. The summed E-state index contributed by atoms with van der Waals surface area (Å²) in [7, 11) is 1.86. The number of likely N-dealkylation sites (tertiary alicyclic amines) is 1. The van der Waals surface area contributed by atoms with E-state index in [2.05, 4.69) is 36.2 Å². The highest BCUT2D eigenvalue weighted by atomic mass is 16.3. The van der Waals surface area contributed by atoms with Gasteiger partial charge < -0.3 is 14.6 Å². The molecule has 1 saturated carbocycles. The van der Waals surface area contributed by atoms with Crippen molar-refractivity contribution in [3.8, 4) is 0 Å². The minimum Gasteiger partial charge on any atom is -0.449 e. The van der Waals surface area contributed by atoms with Crippen LogP contribution in [0.25, 0.3) is 11.0 Å². The quantitative estimate of drug-likeness (QED) is 0.635. The van der Waals surface area contributed by atoms with E-state index in [4.69, 9.17) is 4.42 Å². The maximum atomic E-state index is 13.3. The number of hydrogen-bond donors (Lipinski definition) is 1. The number of amides is 2. The second-order valence-corrected chi connectivity index (χ2v) is 11.0. The zero-order valence-electron chi connectivity index (χ0n) is 20.6. The average molecular weight is 464 g/mol. The molecule has 1 N–H and O–H groups in total. The molecule has 1 unspecified atom stereocenters. The summed E-state index contributed by atoms with van der Waals surface area (Å²) in [6.07, 6.45) is 6.34. The van der Waals surface area contributed by atoms with Crippen LogP contribution in [0.2, 0.25) is 0 Å². The molecule has 180 valence electrons. The van der Waals surface area contributed by atoms with Gasteiger partial charge in [0.25, 0.3) is 11.8 Å². The number of furan rings is 1. The van der Waals surface area contributed by atoms with Gasteiger partial charge in [0.2, 0.25) is 0 Å². The Hall–Kier alpha value is -3.16. The Morgan fingerprint density at radius 2 is 2.00 bits per heavy atom. The molecule has 8 nitrogen and oxygen atoms in total. The first-order chi connectivity index (χ1) is 16.1. The van der Waals surface area contributed by atoms with E-state index < -0.39 is 0 Å². The minimum absolute atomic E-state index is 0.0720. The van der Waals surface area contributed by atoms with Gasteiger partial charge in [-0.1, -0.05) is 20.8 Å². The van der Waals surface area contributed by atoms with Gasteiger partial charge >= 0.3 is 0 Å². The highest BCUT2D eigenvalue weighted by Gasteiger charge is 2.55. The number of fused-ring (bicyclic) bond motifs is 1. The van der Waals surface area contributed by atoms with Crippen molar-refractivity contribution in [1.82, 2.24) is 25.0 Å². The molecule has 0 aromatic carbocycles. The predicted molar refractivity (Wildman–Crippen MR) is 129 cm³/mol. The van der Waals surface area contributed by atoms with Gasteiger partial charge in [-0.15, -0.1) is 0 Å². The Bertz CT molecular complexity index is 1220. The van der Waals surface area contributed by atoms with Gasteiger partial charge in [-0.2, -0.15) is 5.10 Å². The number of pyridine rings is 1. The van der Waals surface area contributed by atoms with E-state index in [1.807, 2.05) is 24.9 Å². The number of nitrogens with one attached hydrogen (secondary N) is 1. The second kappa shape index (κ2) is 7.96. The van der Waals surface area contributed by atoms with E-state index in [0.717, 1.165) is 49.0 Å². The summed E-state index contributed by atoms with van der Waals surface area (Å²) < 4.78 is 7.36. The maximum Gasteiger partial charge on any atom is 0.287 e. The van der Waals surface area contributed by atoms with E-state index in [-0.39, 0.29) is 22.6 Å². The van der Waals surface area contributed by atoms with Crippen LogP contribution >= 0.6 is 0 Å². The van der Waals surface area contributed by atoms with Crippen LogP contribution in [-0.2, 0) is 12.5 Å². The first-order valence-corrected chi connectivity index (χ1v) is 12.0. The van der Waals surface area contributed by atoms with Crippen molar-refractivity contribution in [3.05, 3.63) is 47.2 Å². The van der Waals surface area contributed by atoms with Crippen LogP contribution in [0, 0.1) is 18.3 Å². The fourth-order valence-electron chi connectivity index (χ4n) is 5.58. The third kappa shape index (κ3) is 3.89. The van der Waals surface area contributed by atoms with Crippen LogP contribution in [0.3, 0.4) is 0 Å². The highest BCUT2D eigenvalue weighted by molar-refractivity contribution is 5.96. The molecule has 2 fully saturated rings. The number of carbonyl (C=O) groups excluding carboxylic acids is 2. The first kappa shape index (κ1) is 22.6. The van der Waals surface area contributed by atoms with Crippen molar-refractivity contribution in [3.63, 3.8) is 0 Å². The van der Waals surface area contributed by atoms with Crippen LogP contribution in [0.15, 0.2) is 28.9 Å². The van der Waals surface area contributed by atoms with Crippen molar-refractivity contribution in [1.29, 1.82) is 0 Å². The van der Waals surface area contributed by atoms with Crippen molar-refractivity contribution in [2.75, 3.05) is 19.6 Å². The van der Waals surface area contributed by atoms with Gasteiger partial charge in [0.1, 0.15) is 5.69 Å². The van der Waals surface area contributed by atoms with Gasteiger partial charge in [0.15, 0.2) is 11.3 Å². The number of aryl methyl sites for hydroxylation is 1. The standard InChI is InChI=1S/C26H33N5O3/c1-16-21(30(5)29-22(16)25(2,3)4)24(33)31-10-7-26(8-11-31)13-18(26)14-28-23(32)19-12-17-6-9-27-15-20(17)34-19/h6,9,12,15,18H,7-8,10-11,13-14H2,1-5H3,(H,28,32). The monoisotopic (exact) mass is 463 g/mol. The van der Waals surface area contributed by atoms with Crippen LogP contribution in [0.5, 0.6) is 0 Å². The molecule has 1 aliphatic heterocycles. The van der Waals surface area contributed by atoms with Crippen LogP contribution in [0.1, 0.15) is 72.3 Å². The molecule has 4 heterocycles. The van der Waals surface area contributed by atoms with E-state index in [0.29, 0.717) is 29.5 Å². The zero-order chi connectivity index (χ0) is 24.3. The first-order valence-electron chi connectivity index (χ1n) is 12.0. The molecule has 1 saturated heterocycles. The Kier molecular flexibility index (Phi) is 5.30. The van der Waals surface area contributed by atoms with E-state index >= 15 is 0 Å². The SMILES string of the molecule is Cc1c(C(C)(C)C)nn(C)c1C(=O)N1CCC2(CC1)CC2CNC(=O)c1cc2ccncc2o1. The summed E-state index contributed by atoms with van der Waals surface area (Å²) in [5.41, 5.74) is 3.41. The zero-order valence-corrected chi connectivity index (χ0v) is 20.6. The lowest BCUT2D eigenvalue weighted by Gasteiger charge is -2.33. The molecule has 0 radical (unpaired) electrons. The lowest BCUT2D eigenvalue weighted by atomic mass is 9.88. The van der Waals surface area contributed by atoms with Crippen molar-refractivity contribution >= 4 is 22.8 Å². The molecule has 1 spiro atoms. The fraction of sp³-hybridized carbons (Fsp3) is 0.538. The Labute approximate surface area is 199 Å². The molecule has 2 amide bonds. The number of carbonyl (C=O) groups is 2. The number of aromatic nitrogens is 3. The maximum absolute atomic E-state index is 13.3. The summed E-state index contributed by atoms with van der Waals surface area (Å²) in [5.74, 6) is 0.653. The molecule has 0 bridgehead atoms.